The van der Waals surface area contributed by atoms with Crippen LogP contribution in [0.2, 0.25) is 0 Å². The van der Waals surface area contributed by atoms with Crippen molar-refractivity contribution in [2.24, 2.45) is 0 Å². The zero-order chi connectivity index (χ0) is 13.5. The highest BCUT2D eigenvalue weighted by molar-refractivity contribution is 5.77. The van der Waals surface area contributed by atoms with Crippen LogP contribution in [-0.2, 0) is 4.79 Å². The average Bonchev–Trinajstić information content (AvgIpc) is 2.36. The number of nitro groups is 1. The molecule has 0 heterocycles. The molecule has 0 aliphatic heterocycles. The Morgan fingerprint density at radius 1 is 1.44 bits per heavy atom. The van der Waals surface area contributed by atoms with Gasteiger partial charge in [0, 0.05) is 18.2 Å². The van der Waals surface area contributed by atoms with Crippen molar-refractivity contribution < 1.29 is 14.5 Å². The molecule has 1 rings (SSSR count). The molecule has 0 fully saturated rings. The van der Waals surface area contributed by atoms with Crippen LogP contribution < -0.4 is 10.1 Å². The van der Waals surface area contributed by atoms with Crippen LogP contribution in [0.3, 0.4) is 0 Å². The quantitative estimate of drug-likeness (QED) is 0.619. The Morgan fingerprint density at radius 3 is 2.56 bits per heavy atom. The number of hydrogen-bond donors (Lipinski definition) is 1. The van der Waals surface area contributed by atoms with Gasteiger partial charge in [-0.25, -0.2) is 0 Å². The lowest BCUT2D eigenvalue weighted by atomic mass is 10.2. The van der Waals surface area contributed by atoms with Gasteiger partial charge in [0.1, 0.15) is 5.75 Å². The van der Waals surface area contributed by atoms with E-state index in [0.717, 1.165) is 6.42 Å². The molecule has 1 aromatic rings. The number of rotatable bonds is 6. The lowest BCUT2D eigenvalue weighted by molar-refractivity contribution is -0.384. The number of carbonyl (C=O) groups excluding carboxylic acids is 1. The second-order valence-electron chi connectivity index (χ2n) is 3.92. The maximum absolute atomic E-state index is 11.4. The molecule has 0 aliphatic carbocycles. The van der Waals surface area contributed by atoms with Gasteiger partial charge < -0.3 is 10.1 Å². The highest BCUT2D eigenvalue weighted by Crippen LogP contribution is 2.16. The number of nitrogens with zero attached hydrogens (tertiary/aromatic N) is 1. The highest BCUT2D eigenvalue weighted by Gasteiger charge is 2.08. The molecule has 0 spiro atoms. The van der Waals surface area contributed by atoms with E-state index < -0.39 is 4.92 Å². The zero-order valence-electron chi connectivity index (χ0n) is 10.4. The summed E-state index contributed by atoms with van der Waals surface area (Å²) in [7, 11) is 0. The van der Waals surface area contributed by atoms with Crippen molar-refractivity contribution in [1.29, 1.82) is 0 Å². The fraction of sp³-hybridized carbons (Fsp3) is 0.417. The fourth-order valence-corrected chi connectivity index (χ4v) is 1.23. The molecule has 0 saturated heterocycles. The summed E-state index contributed by atoms with van der Waals surface area (Å²) < 4.78 is 5.21. The van der Waals surface area contributed by atoms with E-state index in [4.69, 9.17) is 4.74 Å². The number of non-ortho nitro benzene ring substituents is 1. The predicted octanol–water partition coefficient (Wildman–Crippen LogP) is 1.89. The van der Waals surface area contributed by atoms with Crippen LogP contribution in [0.1, 0.15) is 20.3 Å². The molecule has 0 bridgehead atoms. The number of benzene rings is 1. The van der Waals surface area contributed by atoms with Crippen LogP contribution in [0.4, 0.5) is 5.69 Å². The molecule has 0 aromatic heterocycles. The van der Waals surface area contributed by atoms with E-state index in [1.54, 1.807) is 0 Å². The summed E-state index contributed by atoms with van der Waals surface area (Å²) in [6.45, 7) is 3.79. The van der Waals surface area contributed by atoms with Crippen molar-refractivity contribution >= 4 is 11.6 Å². The van der Waals surface area contributed by atoms with Gasteiger partial charge in [-0.2, -0.15) is 0 Å². The van der Waals surface area contributed by atoms with Gasteiger partial charge in [0.25, 0.3) is 11.6 Å². The molecule has 1 N–H and O–H groups in total. The Labute approximate surface area is 105 Å². The first-order valence-electron chi connectivity index (χ1n) is 5.69. The molecular weight excluding hydrogens is 236 g/mol. The van der Waals surface area contributed by atoms with Gasteiger partial charge in [0.05, 0.1) is 4.92 Å². The van der Waals surface area contributed by atoms with E-state index in [0.29, 0.717) is 5.75 Å². The van der Waals surface area contributed by atoms with Crippen molar-refractivity contribution in [3.05, 3.63) is 34.4 Å². The first kappa shape index (κ1) is 14.0. The number of nitrogens with one attached hydrogen (secondary N) is 1. The van der Waals surface area contributed by atoms with Gasteiger partial charge in [-0.3, -0.25) is 14.9 Å². The van der Waals surface area contributed by atoms with Crippen LogP contribution in [-0.4, -0.2) is 23.5 Å². The molecule has 0 radical (unpaired) electrons. The van der Waals surface area contributed by atoms with Crippen LogP contribution >= 0.6 is 0 Å². The van der Waals surface area contributed by atoms with Crippen LogP contribution in [0, 0.1) is 10.1 Å². The summed E-state index contributed by atoms with van der Waals surface area (Å²) in [6, 6.07) is 5.71. The van der Waals surface area contributed by atoms with Crippen molar-refractivity contribution in [1.82, 2.24) is 5.32 Å². The molecular formula is C12H16N2O4. The molecule has 0 aliphatic rings. The highest BCUT2D eigenvalue weighted by atomic mass is 16.6. The van der Waals surface area contributed by atoms with E-state index in [2.05, 4.69) is 5.32 Å². The van der Waals surface area contributed by atoms with Gasteiger partial charge in [-0.05, 0) is 25.5 Å². The van der Waals surface area contributed by atoms with E-state index in [-0.39, 0.29) is 24.2 Å². The van der Waals surface area contributed by atoms with Crippen molar-refractivity contribution in [2.45, 2.75) is 26.3 Å². The lowest BCUT2D eigenvalue weighted by Gasteiger charge is -2.11. The first-order chi connectivity index (χ1) is 8.52. The smallest absolute Gasteiger partial charge is 0.269 e. The zero-order valence-corrected chi connectivity index (χ0v) is 10.4. The number of amides is 1. The van der Waals surface area contributed by atoms with Gasteiger partial charge >= 0.3 is 0 Å². The average molecular weight is 252 g/mol. The predicted molar refractivity (Wildman–Crippen MR) is 66.5 cm³/mol. The largest absolute Gasteiger partial charge is 0.484 e. The van der Waals surface area contributed by atoms with E-state index >= 15 is 0 Å². The Hall–Kier alpha value is -2.11. The van der Waals surface area contributed by atoms with Crippen molar-refractivity contribution in [3.63, 3.8) is 0 Å². The molecule has 98 valence electrons. The van der Waals surface area contributed by atoms with Crippen molar-refractivity contribution in [3.8, 4) is 5.75 Å². The minimum atomic E-state index is -0.487. The van der Waals surface area contributed by atoms with Gasteiger partial charge in [-0.15, -0.1) is 0 Å². The topological polar surface area (TPSA) is 81.5 Å². The molecule has 18 heavy (non-hydrogen) atoms. The summed E-state index contributed by atoms with van der Waals surface area (Å²) >= 11 is 0. The van der Waals surface area contributed by atoms with Crippen LogP contribution in [0.5, 0.6) is 5.75 Å². The third kappa shape index (κ3) is 4.40. The monoisotopic (exact) mass is 252 g/mol. The molecule has 6 heteroatoms. The maximum Gasteiger partial charge on any atom is 0.269 e. The van der Waals surface area contributed by atoms with Gasteiger partial charge in [-0.1, -0.05) is 6.92 Å². The molecule has 6 nitrogen and oxygen atoms in total. The summed E-state index contributed by atoms with van der Waals surface area (Å²) in [4.78, 5) is 21.4. The minimum absolute atomic E-state index is 0.00796. The molecule has 1 aromatic carbocycles. The van der Waals surface area contributed by atoms with Crippen LogP contribution in [0.15, 0.2) is 24.3 Å². The number of nitro benzene ring substituents is 1. The Morgan fingerprint density at radius 2 is 2.06 bits per heavy atom. The number of hydrogen-bond acceptors (Lipinski definition) is 4. The Balaban J connectivity index is 2.44. The molecule has 1 amide bonds. The first-order valence-corrected chi connectivity index (χ1v) is 5.69. The second-order valence-corrected chi connectivity index (χ2v) is 3.92. The SMILES string of the molecule is CC[C@H](C)NC(=O)COc1ccc([N+](=O)[O-])cc1. The molecule has 0 unspecified atom stereocenters. The summed E-state index contributed by atoms with van der Waals surface area (Å²) in [5, 5.41) is 13.2. The van der Waals surface area contributed by atoms with E-state index in [1.165, 1.54) is 24.3 Å². The summed E-state index contributed by atoms with van der Waals surface area (Å²) in [5.41, 5.74) is -0.00796. The fourth-order valence-electron chi connectivity index (χ4n) is 1.23. The van der Waals surface area contributed by atoms with E-state index in [9.17, 15) is 14.9 Å². The molecule has 0 saturated carbocycles. The van der Waals surface area contributed by atoms with Gasteiger partial charge in [0.2, 0.25) is 0 Å². The minimum Gasteiger partial charge on any atom is -0.484 e. The molecule has 1 atom stereocenters. The summed E-state index contributed by atoms with van der Waals surface area (Å²) in [5.74, 6) is 0.225. The third-order valence-corrected chi connectivity index (χ3v) is 2.44. The normalized spacial score (nSPS) is 11.7. The van der Waals surface area contributed by atoms with Crippen molar-refractivity contribution in [2.75, 3.05) is 6.61 Å². The van der Waals surface area contributed by atoms with Crippen LogP contribution in [0.25, 0.3) is 0 Å². The standard InChI is InChI=1S/C12H16N2O4/c1-3-9(2)13-12(15)8-18-11-6-4-10(5-7-11)14(16)17/h4-7,9H,3,8H2,1-2H3,(H,13,15)/t9-/m0/s1. The third-order valence-electron chi connectivity index (χ3n) is 2.44. The van der Waals surface area contributed by atoms with Gasteiger partial charge in [0.15, 0.2) is 6.61 Å². The van der Waals surface area contributed by atoms with E-state index in [1.807, 2.05) is 13.8 Å². The maximum atomic E-state index is 11.4. The Bertz CT molecular complexity index is 417. The second kappa shape index (κ2) is 6.58. The number of ether oxygens (including phenoxy) is 1. The summed E-state index contributed by atoms with van der Waals surface area (Å²) in [6.07, 6.45) is 0.850. The lowest BCUT2D eigenvalue weighted by Crippen LogP contribution is -2.35. The Kier molecular flexibility index (Phi) is 5.10. The number of carbonyl (C=O) groups is 1.